The van der Waals surface area contributed by atoms with E-state index in [0.717, 1.165) is 23.7 Å². The second-order valence-corrected chi connectivity index (χ2v) is 5.81. The molecule has 4 nitrogen and oxygen atoms in total. The fourth-order valence-electron chi connectivity index (χ4n) is 1.48. The van der Waals surface area contributed by atoms with Gasteiger partial charge in [-0.1, -0.05) is 0 Å². The van der Waals surface area contributed by atoms with Gasteiger partial charge in [0, 0.05) is 11.4 Å². The molecule has 0 aliphatic rings. The summed E-state index contributed by atoms with van der Waals surface area (Å²) in [6.45, 7) is 2.99. The van der Waals surface area contributed by atoms with Crippen molar-refractivity contribution in [2.45, 2.75) is 31.7 Å². The van der Waals surface area contributed by atoms with Gasteiger partial charge in [-0.3, -0.25) is 4.79 Å². The van der Waals surface area contributed by atoms with Gasteiger partial charge in [-0.2, -0.15) is 0 Å². The van der Waals surface area contributed by atoms with E-state index in [1.165, 1.54) is 11.3 Å². The lowest BCUT2D eigenvalue weighted by Gasteiger charge is -2.16. The Morgan fingerprint density at radius 1 is 1.61 bits per heavy atom. The van der Waals surface area contributed by atoms with Crippen molar-refractivity contribution in [2.75, 3.05) is 20.6 Å². The number of hydrogen-bond donors (Lipinski definition) is 1. The van der Waals surface area contributed by atoms with Gasteiger partial charge in [0.25, 0.3) is 0 Å². The molecule has 102 valence electrons. The summed E-state index contributed by atoms with van der Waals surface area (Å²) >= 11 is 7.15. The summed E-state index contributed by atoms with van der Waals surface area (Å²) in [5.74, 6) is 0.425. The van der Waals surface area contributed by atoms with Crippen molar-refractivity contribution in [1.29, 1.82) is 0 Å². The van der Waals surface area contributed by atoms with Gasteiger partial charge in [0.2, 0.25) is 5.91 Å². The molecule has 1 heterocycles. The first-order chi connectivity index (χ1) is 8.51. The van der Waals surface area contributed by atoms with E-state index in [0.29, 0.717) is 12.3 Å². The van der Waals surface area contributed by atoms with Crippen molar-refractivity contribution in [3.8, 4) is 0 Å². The van der Waals surface area contributed by atoms with Crippen LogP contribution in [-0.4, -0.2) is 42.5 Å². The normalized spacial score (nSPS) is 12.7. The van der Waals surface area contributed by atoms with Gasteiger partial charge in [0.1, 0.15) is 5.01 Å². The zero-order chi connectivity index (χ0) is 13.5. The predicted molar refractivity (Wildman–Crippen MR) is 76.2 cm³/mol. The Hall–Kier alpha value is -0.650. The van der Waals surface area contributed by atoms with E-state index >= 15 is 0 Å². The molecule has 0 aromatic carbocycles. The minimum atomic E-state index is 0.0247. The van der Waals surface area contributed by atoms with Gasteiger partial charge >= 0.3 is 0 Å². The van der Waals surface area contributed by atoms with Gasteiger partial charge in [-0.25, -0.2) is 4.98 Å². The first-order valence-electron chi connectivity index (χ1n) is 5.94. The van der Waals surface area contributed by atoms with E-state index < -0.39 is 0 Å². The molecule has 0 aliphatic carbocycles. The number of rotatable bonds is 7. The number of nitrogens with one attached hydrogen (secondary N) is 1. The molecule has 6 heteroatoms. The Balaban J connectivity index is 2.32. The van der Waals surface area contributed by atoms with Crippen molar-refractivity contribution in [3.63, 3.8) is 0 Å². The molecule has 0 radical (unpaired) electrons. The van der Waals surface area contributed by atoms with Gasteiger partial charge < -0.3 is 10.2 Å². The molecule has 0 saturated heterocycles. The highest BCUT2D eigenvalue weighted by Gasteiger charge is 2.10. The second-order valence-electron chi connectivity index (χ2n) is 4.60. The number of amides is 1. The third-order valence-corrected chi connectivity index (χ3v) is 3.64. The van der Waals surface area contributed by atoms with Crippen LogP contribution in [0.2, 0.25) is 0 Å². The molecule has 1 rings (SSSR count). The highest BCUT2D eigenvalue weighted by molar-refractivity contribution is 7.09. The van der Waals surface area contributed by atoms with E-state index in [1.807, 2.05) is 26.4 Å². The van der Waals surface area contributed by atoms with Crippen LogP contribution in [-0.2, 0) is 17.1 Å². The summed E-state index contributed by atoms with van der Waals surface area (Å²) in [6, 6.07) is 0.187. The number of carbonyl (C=O) groups excluding carboxylic acids is 1. The molecule has 1 atom stereocenters. The molecule has 0 spiro atoms. The van der Waals surface area contributed by atoms with Crippen LogP contribution < -0.4 is 5.32 Å². The van der Waals surface area contributed by atoms with Crippen molar-refractivity contribution < 1.29 is 4.79 Å². The molecule has 0 aliphatic heterocycles. The molecule has 18 heavy (non-hydrogen) atoms. The van der Waals surface area contributed by atoms with E-state index in [4.69, 9.17) is 11.6 Å². The maximum absolute atomic E-state index is 11.8. The van der Waals surface area contributed by atoms with E-state index in [9.17, 15) is 4.79 Å². The van der Waals surface area contributed by atoms with Crippen LogP contribution in [0.4, 0.5) is 0 Å². The zero-order valence-corrected chi connectivity index (χ0v) is 12.6. The maximum atomic E-state index is 11.8. The van der Waals surface area contributed by atoms with Crippen LogP contribution in [0.15, 0.2) is 5.38 Å². The summed E-state index contributed by atoms with van der Waals surface area (Å²) in [4.78, 5) is 18.1. The van der Waals surface area contributed by atoms with Gasteiger partial charge in [0.05, 0.1) is 18.0 Å². The monoisotopic (exact) mass is 289 g/mol. The van der Waals surface area contributed by atoms with Gasteiger partial charge in [-0.15, -0.1) is 22.9 Å². The van der Waals surface area contributed by atoms with Crippen LogP contribution >= 0.6 is 22.9 Å². The lowest BCUT2D eigenvalue weighted by molar-refractivity contribution is -0.121. The highest BCUT2D eigenvalue weighted by Crippen LogP contribution is 2.12. The number of hydrogen-bond acceptors (Lipinski definition) is 4. The van der Waals surface area contributed by atoms with Crippen LogP contribution in [0, 0.1) is 0 Å². The van der Waals surface area contributed by atoms with Crippen LogP contribution in [0.3, 0.4) is 0 Å². The Bertz CT molecular complexity index is 381. The fraction of sp³-hybridized carbons (Fsp3) is 0.667. The van der Waals surface area contributed by atoms with E-state index in [1.54, 1.807) is 0 Å². The molecule has 1 N–H and O–H groups in total. The minimum absolute atomic E-state index is 0.0247. The van der Waals surface area contributed by atoms with Gasteiger partial charge in [0.15, 0.2) is 0 Å². The van der Waals surface area contributed by atoms with Crippen molar-refractivity contribution >= 4 is 28.8 Å². The Morgan fingerprint density at radius 3 is 2.89 bits per heavy atom. The van der Waals surface area contributed by atoms with Crippen molar-refractivity contribution in [2.24, 2.45) is 0 Å². The smallest absolute Gasteiger partial charge is 0.227 e. The predicted octanol–water partition coefficient (Wildman–Crippen LogP) is 1.88. The highest BCUT2D eigenvalue weighted by atomic mass is 35.5. The Labute approximate surface area is 117 Å². The summed E-state index contributed by atoms with van der Waals surface area (Å²) in [5, 5.41) is 5.70. The summed E-state index contributed by atoms with van der Waals surface area (Å²) < 4.78 is 0. The Kier molecular flexibility index (Phi) is 6.60. The van der Waals surface area contributed by atoms with Crippen LogP contribution in [0.25, 0.3) is 0 Å². The Morgan fingerprint density at radius 2 is 2.33 bits per heavy atom. The molecule has 1 amide bonds. The molecule has 0 bridgehead atoms. The average Bonchev–Trinajstić information content (AvgIpc) is 2.73. The van der Waals surface area contributed by atoms with Gasteiger partial charge in [-0.05, 0) is 34.0 Å². The lowest BCUT2D eigenvalue weighted by Crippen LogP contribution is -2.35. The topological polar surface area (TPSA) is 45.2 Å². The number of thiazole rings is 1. The van der Waals surface area contributed by atoms with Crippen molar-refractivity contribution in [1.82, 2.24) is 15.2 Å². The molecule has 1 aromatic heterocycles. The largest absolute Gasteiger partial charge is 0.353 e. The summed E-state index contributed by atoms with van der Waals surface area (Å²) in [5.41, 5.74) is 0.838. The molecule has 1 unspecified atom stereocenters. The number of alkyl halides is 1. The first kappa shape index (κ1) is 15.4. The first-order valence-corrected chi connectivity index (χ1v) is 7.36. The third kappa shape index (κ3) is 5.80. The molecule has 0 fully saturated rings. The second kappa shape index (κ2) is 7.71. The number of carbonyl (C=O) groups is 1. The minimum Gasteiger partial charge on any atom is -0.353 e. The average molecular weight is 290 g/mol. The summed E-state index contributed by atoms with van der Waals surface area (Å²) in [7, 11) is 4.05. The van der Waals surface area contributed by atoms with Crippen molar-refractivity contribution in [3.05, 3.63) is 16.1 Å². The molecule has 0 saturated carbocycles. The molecule has 1 aromatic rings. The number of nitrogens with zero attached hydrogens (tertiary/aromatic N) is 2. The lowest BCUT2D eigenvalue weighted by atomic mass is 10.2. The van der Waals surface area contributed by atoms with Crippen LogP contribution in [0.1, 0.15) is 24.0 Å². The quantitative estimate of drug-likeness (QED) is 0.780. The van der Waals surface area contributed by atoms with Crippen LogP contribution in [0.5, 0.6) is 0 Å². The zero-order valence-electron chi connectivity index (χ0n) is 11.1. The SMILES string of the molecule is CC(CCN(C)C)NC(=O)Cc1nc(CCl)cs1. The summed E-state index contributed by atoms with van der Waals surface area (Å²) in [6.07, 6.45) is 1.29. The molecular weight excluding hydrogens is 270 g/mol. The van der Waals surface area contributed by atoms with E-state index in [-0.39, 0.29) is 11.9 Å². The standard InChI is InChI=1S/C12H20ClN3OS/c1-9(4-5-16(2)3)14-11(17)6-12-15-10(7-13)8-18-12/h8-9H,4-7H2,1-3H3,(H,14,17). The molecular formula is C12H20ClN3OS. The number of aromatic nitrogens is 1. The third-order valence-electron chi connectivity index (χ3n) is 2.46. The number of halogens is 1. The fourth-order valence-corrected chi connectivity index (χ4v) is 2.50. The van der Waals surface area contributed by atoms with E-state index in [2.05, 4.69) is 15.2 Å². The maximum Gasteiger partial charge on any atom is 0.227 e.